The molecule has 0 aromatic rings. The van der Waals surface area contributed by atoms with Gasteiger partial charge in [0.15, 0.2) is 0 Å². The quantitative estimate of drug-likeness (QED) is 0.209. The van der Waals surface area contributed by atoms with E-state index >= 15 is 0 Å². The lowest BCUT2D eigenvalue weighted by molar-refractivity contribution is -0.205. The maximum Gasteiger partial charge on any atom is 0.237 e. The summed E-state index contributed by atoms with van der Waals surface area (Å²) in [6, 6.07) is -1.09. The molecule has 1 unspecified atom stereocenters. The van der Waals surface area contributed by atoms with Gasteiger partial charge in [-0.05, 0) is 51.3 Å². The lowest BCUT2D eigenvalue weighted by Crippen LogP contribution is -2.65. The van der Waals surface area contributed by atoms with E-state index in [-0.39, 0.29) is 18.6 Å². The molecule has 2 aliphatic heterocycles. The lowest BCUT2D eigenvalue weighted by Gasteiger charge is -2.44. The van der Waals surface area contributed by atoms with E-state index in [0.29, 0.717) is 12.3 Å². The smallest absolute Gasteiger partial charge is 0.237 e. The molecule has 8 nitrogen and oxygen atoms in total. The molecule has 2 heterocycles. The fourth-order valence-corrected chi connectivity index (χ4v) is 5.14. The Hall–Kier alpha value is -0.130. The standard InChI is InChI=1S/C20H37ClN2O6S/c1-11(21)14(18-16(26)15(25)17(27)20(29-18)30-2)23-19(28)13-7-6-12(8-9-22-13)5-3-4-10-24/h11-18,20,22,24-27H,3-10H2,1-2H3,(H,23,28)/t11-,12-,13?,14+,15-,16+,17+,18+,20+/m0/s1. The third-order valence-electron chi connectivity index (χ3n) is 6.14. The first-order chi connectivity index (χ1) is 14.3. The Morgan fingerprint density at radius 3 is 2.57 bits per heavy atom. The summed E-state index contributed by atoms with van der Waals surface area (Å²) in [4.78, 5) is 13.0. The molecule has 2 rings (SSSR count). The van der Waals surface area contributed by atoms with Gasteiger partial charge in [0.2, 0.25) is 5.91 Å². The zero-order valence-corrected chi connectivity index (χ0v) is 19.3. The molecule has 2 fully saturated rings. The summed E-state index contributed by atoms with van der Waals surface area (Å²) in [7, 11) is 0. The van der Waals surface area contributed by atoms with Crippen molar-refractivity contribution in [1.82, 2.24) is 10.6 Å². The molecule has 0 saturated carbocycles. The number of hydrogen-bond acceptors (Lipinski definition) is 8. The van der Waals surface area contributed by atoms with Crippen LogP contribution in [0.15, 0.2) is 0 Å². The molecule has 176 valence electrons. The van der Waals surface area contributed by atoms with Crippen LogP contribution in [0.5, 0.6) is 0 Å². The molecule has 0 aromatic carbocycles. The zero-order chi connectivity index (χ0) is 22.3. The Kier molecular flexibility index (Phi) is 11.1. The molecule has 2 saturated heterocycles. The van der Waals surface area contributed by atoms with Crippen molar-refractivity contribution in [2.24, 2.45) is 5.92 Å². The Morgan fingerprint density at radius 1 is 1.20 bits per heavy atom. The molecule has 2 aliphatic rings. The van der Waals surface area contributed by atoms with Gasteiger partial charge in [-0.25, -0.2) is 0 Å². The third-order valence-corrected chi connectivity index (χ3v) is 7.27. The van der Waals surface area contributed by atoms with Crippen molar-refractivity contribution >= 4 is 29.3 Å². The Morgan fingerprint density at radius 2 is 1.93 bits per heavy atom. The van der Waals surface area contributed by atoms with Gasteiger partial charge in [0.25, 0.3) is 0 Å². The molecule has 30 heavy (non-hydrogen) atoms. The van der Waals surface area contributed by atoms with Crippen LogP contribution in [-0.2, 0) is 9.53 Å². The topological polar surface area (TPSA) is 131 Å². The summed E-state index contributed by atoms with van der Waals surface area (Å²) in [6.45, 7) is 2.66. The van der Waals surface area contributed by atoms with Crippen LogP contribution in [0.4, 0.5) is 0 Å². The maximum atomic E-state index is 13.0. The number of carbonyl (C=O) groups excluding carboxylic acids is 1. The number of nitrogens with one attached hydrogen (secondary N) is 2. The number of aliphatic hydroxyl groups is 4. The second-order valence-corrected chi connectivity index (χ2v) is 9.97. The van der Waals surface area contributed by atoms with Gasteiger partial charge in [0, 0.05) is 6.61 Å². The number of alkyl halides is 1. The van der Waals surface area contributed by atoms with Crippen LogP contribution in [-0.4, -0.2) is 93.1 Å². The van der Waals surface area contributed by atoms with Crippen molar-refractivity contribution in [3.05, 3.63) is 0 Å². The average Bonchev–Trinajstić information content (AvgIpc) is 2.97. The van der Waals surface area contributed by atoms with E-state index in [4.69, 9.17) is 21.4 Å². The second-order valence-electron chi connectivity index (χ2n) is 8.35. The summed E-state index contributed by atoms with van der Waals surface area (Å²) in [6.07, 6.45) is 2.30. The predicted molar refractivity (Wildman–Crippen MR) is 118 cm³/mol. The highest BCUT2D eigenvalue weighted by Gasteiger charge is 2.48. The van der Waals surface area contributed by atoms with Crippen LogP contribution in [0.3, 0.4) is 0 Å². The van der Waals surface area contributed by atoms with Crippen LogP contribution in [0.1, 0.15) is 45.4 Å². The van der Waals surface area contributed by atoms with Crippen LogP contribution in [0.2, 0.25) is 0 Å². The summed E-state index contributed by atoms with van der Waals surface area (Å²) in [5.41, 5.74) is -0.723. The molecule has 6 N–H and O–H groups in total. The molecule has 10 heteroatoms. The monoisotopic (exact) mass is 468 g/mol. The van der Waals surface area contributed by atoms with Gasteiger partial charge in [0.1, 0.15) is 29.9 Å². The summed E-state index contributed by atoms with van der Waals surface area (Å²) in [5, 5.41) is 45.3. The molecule has 0 bridgehead atoms. The van der Waals surface area contributed by atoms with E-state index in [1.807, 2.05) is 0 Å². The van der Waals surface area contributed by atoms with E-state index in [0.717, 1.165) is 38.6 Å². The van der Waals surface area contributed by atoms with Gasteiger partial charge in [-0.15, -0.1) is 23.4 Å². The Labute approximate surface area is 188 Å². The van der Waals surface area contributed by atoms with Crippen molar-refractivity contribution in [3.63, 3.8) is 0 Å². The fourth-order valence-electron chi connectivity index (χ4n) is 4.26. The van der Waals surface area contributed by atoms with Gasteiger partial charge < -0.3 is 35.8 Å². The van der Waals surface area contributed by atoms with E-state index in [1.165, 1.54) is 11.8 Å². The van der Waals surface area contributed by atoms with Crippen LogP contribution in [0.25, 0.3) is 0 Å². The SMILES string of the molecule is CS[C@H]1O[C@H]([C@H](NC(=O)C2CC[C@H](CCCCO)CCN2)[C@H](C)Cl)[C@H](O)[C@H](O)[C@H]1O. The van der Waals surface area contributed by atoms with Crippen molar-refractivity contribution in [2.45, 2.75) is 92.8 Å². The largest absolute Gasteiger partial charge is 0.396 e. The minimum atomic E-state index is -1.38. The van der Waals surface area contributed by atoms with Gasteiger partial charge in [0.05, 0.1) is 17.5 Å². The summed E-state index contributed by atoms with van der Waals surface area (Å²) < 4.78 is 5.80. The second kappa shape index (κ2) is 12.8. The van der Waals surface area contributed by atoms with E-state index < -0.39 is 41.3 Å². The van der Waals surface area contributed by atoms with Crippen molar-refractivity contribution in [1.29, 1.82) is 0 Å². The molecule has 0 aromatic heterocycles. The third kappa shape index (κ3) is 6.93. The number of halogens is 1. The first-order valence-electron chi connectivity index (χ1n) is 10.8. The number of thioether (sulfide) groups is 1. The number of ether oxygens (including phenoxy) is 1. The van der Waals surface area contributed by atoms with Crippen LogP contribution in [0, 0.1) is 5.92 Å². The maximum absolute atomic E-state index is 13.0. The highest BCUT2D eigenvalue weighted by atomic mass is 35.5. The van der Waals surface area contributed by atoms with E-state index in [1.54, 1.807) is 13.2 Å². The Bertz CT molecular complexity index is 530. The van der Waals surface area contributed by atoms with E-state index in [2.05, 4.69) is 10.6 Å². The number of aliphatic hydroxyl groups excluding tert-OH is 4. The number of carbonyl (C=O) groups is 1. The average molecular weight is 469 g/mol. The minimum absolute atomic E-state index is 0.208. The molecular formula is C20H37ClN2O6S. The number of unbranched alkanes of at least 4 members (excludes halogenated alkanes) is 1. The molecule has 0 spiro atoms. The normalized spacial score (nSPS) is 37.2. The lowest BCUT2D eigenvalue weighted by atomic mass is 9.92. The highest BCUT2D eigenvalue weighted by Crippen LogP contribution is 2.30. The van der Waals surface area contributed by atoms with Crippen molar-refractivity contribution < 1.29 is 30.0 Å². The van der Waals surface area contributed by atoms with Crippen LogP contribution < -0.4 is 10.6 Å². The first-order valence-corrected chi connectivity index (χ1v) is 12.5. The van der Waals surface area contributed by atoms with Gasteiger partial charge in [-0.2, -0.15) is 0 Å². The van der Waals surface area contributed by atoms with Crippen molar-refractivity contribution in [2.75, 3.05) is 19.4 Å². The molecule has 9 atom stereocenters. The fraction of sp³-hybridized carbons (Fsp3) is 0.950. The van der Waals surface area contributed by atoms with Crippen LogP contribution >= 0.6 is 23.4 Å². The molecule has 0 aliphatic carbocycles. The number of amides is 1. The first kappa shape index (κ1) is 26.1. The summed E-state index contributed by atoms with van der Waals surface area (Å²) >= 11 is 7.55. The molecule has 0 radical (unpaired) electrons. The Balaban J connectivity index is 1.98. The van der Waals surface area contributed by atoms with Gasteiger partial charge >= 0.3 is 0 Å². The molecular weight excluding hydrogens is 432 g/mol. The number of rotatable bonds is 9. The molecule has 1 amide bonds. The summed E-state index contributed by atoms with van der Waals surface area (Å²) in [5.74, 6) is 0.327. The number of hydrogen-bond donors (Lipinski definition) is 6. The van der Waals surface area contributed by atoms with E-state index in [9.17, 15) is 20.1 Å². The zero-order valence-electron chi connectivity index (χ0n) is 17.7. The van der Waals surface area contributed by atoms with Gasteiger partial charge in [-0.1, -0.05) is 12.8 Å². The van der Waals surface area contributed by atoms with Crippen molar-refractivity contribution in [3.8, 4) is 0 Å². The minimum Gasteiger partial charge on any atom is -0.396 e. The predicted octanol–water partition coefficient (Wildman–Crippen LogP) is 0.190. The van der Waals surface area contributed by atoms with Gasteiger partial charge in [-0.3, -0.25) is 4.79 Å². The highest BCUT2D eigenvalue weighted by molar-refractivity contribution is 7.99.